The van der Waals surface area contributed by atoms with Crippen LogP contribution in [0, 0.1) is 5.92 Å². The highest BCUT2D eigenvalue weighted by atomic mass is 127. The minimum Gasteiger partial charge on any atom is -0.354 e. The van der Waals surface area contributed by atoms with Crippen molar-refractivity contribution < 1.29 is 9.59 Å². The molecule has 76 valence electrons. The molecule has 0 saturated heterocycles. The molecule has 0 heterocycles. The van der Waals surface area contributed by atoms with Gasteiger partial charge in [-0.3, -0.25) is 9.59 Å². The molecule has 0 rings (SSSR count). The van der Waals surface area contributed by atoms with E-state index in [9.17, 15) is 9.59 Å². The van der Waals surface area contributed by atoms with Gasteiger partial charge in [-0.05, 0) is 0 Å². The summed E-state index contributed by atoms with van der Waals surface area (Å²) >= 11 is 1.99. The summed E-state index contributed by atoms with van der Waals surface area (Å²) in [5.74, 6) is 0.0170. The summed E-state index contributed by atoms with van der Waals surface area (Å²) in [5.41, 5.74) is 0. The molecule has 4 nitrogen and oxygen atoms in total. The van der Waals surface area contributed by atoms with E-state index in [1.807, 2.05) is 36.4 Å². The number of carbonyl (C=O) groups is 2. The van der Waals surface area contributed by atoms with Crippen LogP contribution in [0.3, 0.4) is 0 Å². The Hall–Kier alpha value is -0.330. The molecule has 0 fully saturated rings. The molecule has 2 amide bonds. The van der Waals surface area contributed by atoms with Gasteiger partial charge < -0.3 is 10.6 Å². The van der Waals surface area contributed by atoms with Crippen molar-refractivity contribution in [3.8, 4) is 0 Å². The predicted octanol–water partition coefficient (Wildman–Crippen LogP) is 0.310. The highest BCUT2D eigenvalue weighted by molar-refractivity contribution is 14.1. The summed E-state index contributed by atoms with van der Waals surface area (Å²) in [7, 11) is 0. The first kappa shape index (κ1) is 12.7. The van der Waals surface area contributed by atoms with E-state index in [4.69, 9.17) is 0 Å². The lowest BCUT2D eigenvalue weighted by atomic mass is 10.2. The minimum atomic E-state index is -0.000559. The number of amides is 2. The second-order valence-corrected chi connectivity index (χ2v) is 3.69. The van der Waals surface area contributed by atoms with Crippen molar-refractivity contribution in [1.29, 1.82) is 0 Å². The van der Waals surface area contributed by atoms with E-state index in [1.54, 1.807) is 0 Å². The van der Waals surface area contributed by atoms with Gasteiger partial charge >= 0.3 is 0 Å². The van der Waals surface area contributed by atoms with Gasteiger partial charge in [-0.15, -0.1) is 0 Å². The molecule has 5 heteroatoms. The fourth-order valence-electron chi connectivity index (χ4n) is 0.639. The lowest BCUT2D eigenvalue weighted by Crippen LogP contribution is -2.36. The van der Waals surface area contributed by atoms with Crippen molar-refractivity contribution in [2.45, 2.75) is 13.8 Å². The molecule has 0 aromatic rings. The number of alkyl halides is 1. The van der Waals surface area contributed by atoms with E-state index in [-0.39, 0.29) is 17.7 Å². The molecular formula is C8H15IN2O2. The fourth-order valence-corrected chi connectivity index (χ4v) is 0.909. The fraction of sp³-hybridized carbons (Fsp3) is 0.750. The van der Waals surface area contributed by atoms with Crippen LogP contribution >= 0.6 is 22.6 Å². The molecule has 0 spiro atoms. The summed E-state index contributed by atoms with van der Waals surface area (Å²) in [4.78, 5) is 21.8. The summed E-state index contributed by atoms with van der Waals surface area (Å²) in [5, 5.41) is 5.37. The Kier molecular flexibility index (Phi) is 6.93. The molecular weight excluding hydrogens is 283 g/mol. The Labute approximate surface area is 92.0 Å². The van der Waals surface area contributed by atoms with Crippen molar-refractivity contribution in [3.05, 3.63) is 0 Å². The van der Waals surface area contributed by atoms with Crippen molar-refractivity contribution >= 4 is 34.4 Å². The second-order valence-electron chi connectivity index (χ2n) is 2.93. The monoisotopic (exact) mass is 298 g/mol. The van der Waals surface area contributed by atoms with Gasteiger partial charge in [0.2, 0.25) is 11.8 Å². The van der Waals surface area contributed by atoms with E-state index in [0.29, 0.717) is 17.5 Å². The first-order chi connectivity index (χ1) is 6.07. The van der Waals surface area contributed by atoms with Gasteiger partial charge in [0.1, 0.15) is 0 Å². The van der Waals surface area contributed by atoms with Crippen LogP contribution in [0.25, 0.3) is 0 Å². The van der Waals surface area contributed by atoms with Crippen LogP contribution in [0.15, 0.2) is 0 Å². The van der Waals surface area contributed by atoms with E-state index in [2.05, 4.69) is 10.6 Å². The zero-order valence-electron chi connectivity index (χ0n) is 7.89. The van der Waals surface area contributed by atoms with Gasteiger partial charge in [-0.2, -0.15) is 0 Å². The zero-order valence-corrected chi connectivity index (χ0v) is 10.1. The Morgan fingerprint density at radius 2 is 1.77 bits per heavy atom. The van der Waals surface area contributed by atoms with Gasteiger partial charge in [0.25, 0.3) is 0 Å². The Bertz CT molecular complexity index is 183. The topological polar surface area (TPSA) is 58.2 Å². The third kappa shape index (κ3) is 6.80. The Morgan fingerprint density at radius 1 is 1.23 bits per heavy atom. The van der Waals surface area contributed by atoms with Crippen LogP contribution in [0.2, 0.25) is 0 Å². The summed E-state index contributed by atoms with van der Waals surface area (Å²) in [6.07, 6.45) is 0. The lowest BCUT2D eigenvalue weighted by molar-refractivity contribution is -0.124. The third-order valence-corrected chi connectivity index (χ3v) is 2.08. The molecule has 0 bridgehead atoms. The van der Waals surface area contributed by atoms with Crippen LogP contribution in [0.4, 0.5) is 0 Å². The molecule has 0 aromatic heterocycles. The maximum Gasteiger partial charge on any atom is 0.229 e. The average molecular weight is 298 g/mol. The summed E-state index contributed by atoms with van der Waals surface area (Å²) < 4.78 is 0.454. The molecule has 0 aliphatic heterocycles. The molecule has 0 atom stereocenters. The Balaban J connectivity index is 3.36. The van der Waals surface area contributed by atoms with Gasteiger partial charge in [0, 0.05) is 19.0 Å². The van der Waals surface area contributed by atoms with E-state index in [0.717, 1.165) is 0 Å². The maximum atomic E-state index is 11.0. The number of rotatable bonds is 5. The number of hydrogen-bond donors (Lipinski definition) is 2. The Morgan fingerprint density at radius 3 is 2.23 bits per heavy atom. The van der Waals surface area contributed by atoms with Gasteiger partial charge in [-0.1, -0.05) is 36.4 Å². The van der Waals surface area contributed by atoms with Gasteiger partial charge in [0.05, 0.1) is 4.43 Å². The molecule has 2 N–H and O–H groups in total. The molecule has 0 saturated carbocycles. The molecule has 13 heavy (non-hydrogen) atoms. The first-order valence-electron chi connectivity index (χ1n) is 4.18. The van der Waals surface area contributed by atoms with Crippen LogP contribution in [-0.4, -0.2) is 29.3 Å². The van der Waals surface area contributed by atoms with Crippen LogP contribution in [-0.2, 0) is 9.59 Å². The van der Waals surface area contributed by atoms with Crippen molar-refractivity contribution in [2.24, 2.45) is 5.92 Å². The van der Waals surface area contributed by atoms with E-state index >= 15 is 0 Å². The molecule has 0 radical (unpaired) electrons. The van der Waals surface area contributed by atoms with Crippen LogP contribution in [0.5, 0.6) is 0 Å². The smallest absolute Gasteiger partial charge is 0.229 e. The van der Waals surface area contributed by atoms with Crippen molar-refractivity contribution in [1.82, 2.24) is 10.6 Å². The van der Waals surface area contributed by atoms with Crippen molar-refractivity contribution in [3.63, 3.8) is 0 Å². The van der Waals surface area contributed by atoms with Crippen molar-refractivity contribution in [2.75, 3.05) is 17.5 Å². The molecule has 0 unspecified atom stereocenters. The van der Waals surface area contributed by atoms with Crippen LogP contribution < -0.4 is 10.6 Å². The summed E-state index contributed by atoms with van der Waals surface area (Å²) in [6.45, 7) is 4.66. The van der Waals surface area contributed by atoms with Gasteiger partial charge in [0.15, 0.2) is 0 Å². The minimum absolute atomic E-state index is 0.000256. The average Bonchev–Trinajstić information content (AvgIpc) is 2.11. The lowest BCUT2D eigenvalue weighted by Gasteiger charge is -2.07. The quantitative estimate of drug-likeness (QED) is 0.436. The predicted molar refractivity (Wildman–Crippen MR) is 59.7 cm³/mol. The second kappa shape index (κ2) is 7.11. The third-order valence-electron chi connectivity index (χ3n) is 1.39. The molecule has 0 aliphatic rings. The largest absolute Gasteiger partial charge is 0.354 e. The number of halogens is 1. The maximum absolute atomic E-state index is 11.0. The van der Waals surface area contributed by atoms with Gasteiger partial charge in [-0.25, -0.2) is 0 Å². The first-order valence-corrected chi connectivity index (χ1v) is 5.71. The standard InChI is InChI=1S/C8H15IN2O2/c1-6(2)8(13)11-4-3-10-7(12)5-9/h6H,3-5H2,1-2H3,(H,10,12)(H,11,13). The van der Waals surface area contributed by atoms with Crippen LogP contribution in [0.1, 0.15) is 13.8 Å². The molecule has 0 aromatic carbocycles. The number of nitrogens with one attached hydrogen (secondary N) is 2. The van der Waals surface area contributed by atoms with E-state index in [1.165, 1.54) is 0 Å². The number of carbonyl (C=O) groups excluding carboxylic acids is 2. The normalized spacial score (nSPS) is 9.85. The highest BCUT2D eigenvalue weighted by Crippen LogP contribution is 1.88. The SMILES string of the molecule is CC(C)C(=O)NCCNC(=O)CI. The molecule has 0 aliphatic carbocycles. The zero-order chi connectivity index (χ0) is 10.3. The number of hydrogen-bond acceptors (Lipinski definition) is 2. The van der Waals surface area contributed by atoms with E-state index < -0.39 is 0 Å². The summed E-state index contributed by atoms with van der Waals surface area (Å²) in [6, 6.07) is 0. The highest BCUT2D eigenvalue weighted by Gasteiger charge is 2.04.